The van der Waals surface area contributed by atoms with Crippen molar-refractivity contribution in [2.75, 3.05) is 14.2 Å². The Balaban J connectivity index is 1.91. The summed E-state index contributed by atoms with van der Waals surface area (Å²) in [6.07, 6.45) is 1.79. The summed E-state index contributed by atoms with van der Waals surface area (Å²) >= 11 is 0. The van der Waals surface area contributed by atoms with E-state index in [4.69, 9.17) is 9.47 Å². The molecule has 2 rings (SSSR count). The van der Waals surface area contributed by atoms with E-state index in [1.807, 2.05) is 6.92 Å². The number of amides is 1. The summed E-state index contributed by atoms with van der Waals surface area (Å²) in [7, 11) is 3.09. The van der Waals surface area contributed by atoms with Gasteiger partial charge in [0.15, 0.2) is 6.29 Å². The number of hydrogen-bond acceptors (Lipinski definition) is 5. The van der Waals surface area contributed by atoms with Crippen molar-refractivity contribution in [3.8, 4) is 0 Å². The average Bonchev–Trinajstić information content (AvgIpc) is 2.87. The molecule has 7 heteroatoms. The number of rotatable bonds is 5. The fourth-order valence-corrected chi connectivity index (χ4v) is 2.25. The molecule has 1 aliphatic rings. The molecule has 0 saturated heterocycles. The van der Waals surface area contributed by atoms with Crippen LogP contribution in [0.3, 0.4) is 0 Å². The SMILES string of the molecule is COC(OC)C(C)NC(=O)C1Cc2nc[nH]c2CN1. The zero-order valence-corrected chi connectivity index (χ0v) is 11.4. The highest BCUT2D eigenvalue weighted by atomic mass is 16.7. The molecule has 1 amide bonds. The van der Waals surface area contributed by atoms with Crippen LogP contribution in [0.15, 0.2) is 6.33 Å². The molecule has 2 unspecified atom stereocenters. The van der Waals surface area contributed by atoms with Gasteiger partial charge in [-0.1, -0.05) is 0 Å². The number of aromatic amines is 1. The van der Waals surface area contributed by atoms with Gasteiger partial charge in [-0.3, -0.25) is 10.1 Å². The van der Waals surface area contributed by atoms with Crippen molar-refractivity contribution in [1.29, 1.82) is 0 Å². The van der Waals surface area contributed by atoms with Gasteiger partial charge in [0.25, 0.3) is 0 Å². The molecule has 0 aromatic carbocycles. The van der Waals surface area contributed by atoms with E-state index in [2.05, 4.69) is 20.6 Å². The summed E-state index contributed by atoms with van der Waals surface area (Å²) in [6, 6.07) is -0.488. The van der Waals surface area contributed by atoms with Crippen LogP contribution >= 0.6 is 0 Å². The Kier molecular flexibility index (Phi) is 4.52. The molecule has 106 valence electrons. The van der Waals surface area contributed by atoms with Crippen molar-refractivity contribution in [1.82, 2.24) is 20.6 Å². The first-order chi connectivity index (χ1) is 9.15. The predicted octanol–water partition coefficient (Wildman–Crippen LogP) is -0.452. The molecule has 2 heterocycles. The smallest absolute Gasteiger partial charge is 0.237 e. The van der Waals surface area contributed by atoms with Gasteiger partial charge < -0.3 is 19.8 Å². The molecule has 0 fully saturated rings. The molecule has 1 aromatic rings. The van der Waals surface area contributed by atoms with E-state index in [-0.39, 0.29) is 18.0 Å². The van der Waals surface area contributed by atoms with Crippen LogP contribution < -0.4 is 10.6 Å². The van der Waals surface area contributed by atoms with Gasteiger partial charge in [0, 0.05) is 27.2 Å². The van der Waals surface area contributed by atoms with Crippen molar-refractivity contribution >= 4 is 5.91 Å². The summed E-state index contributed by atoms with van der Waals surface area (Å²) in [4.78, 5) is 19.4. The van der Waals surface area contributed by atoms with E-state index in [0.717, 1.165) is 11.4 Å². The van der Waals surface area contributed by atoms with Crippen LogP contribution in [0.5, 0.6) is 0 Å². The second-order valence-electron chi connectivity index (χ2n) is 4.60. The van der Waals surface area contributed by atoms with E-state index in [1.54, 1.807) is 20.5 Å². The standard InChI is InChI=1S/C12H20N4O3/c1-7(12(18-2)19-3)16-11(17)9-4-8-10(5-13-9)15-6-14-8/h6-7,9,12-13H,4-5H2,1-3H3,(H,14,15)(H,16,17). The minimum Gasteiger partial charge on any atom is -0.354 e. The zero-order chi connectivity index (χ0) is 13.8. The maximum absolute atomic E-state index is 12.2. The summed E-state index contributed by atoms with van der Waals surface area (Å²) in [6.45, 7) is 2.47. The monoisotopic (exact) mass is 268 g/mol. The third-order valence-corrected chi connectivity index (χ3v) is 3.29. The van der Waals surface area contributed by atoms with Gasteiger partial charge in [0.1, 0.15) is 0 Å². The number of nitrogens with one attached hydrogen (secondary N) is 3. The maximum atomic E-state index is 12.2. The molecule has 2 atom stereocenters. The van der Waals surface area contributed by atoms with Crippen LogP contribution in [-0.2, 0) is 27.2 Å². The van der Waals surface area contributed by atoms with Gasteiger partial charge >= 0.3 is 0 Å². The second kappa shape index (κ2) is 6.14. The maximum Gasteiger partial charge on any atom is 0.237 e. The molecule has 0 radical (unpaired) electrons. The van der Waals surface area contributed by atoms with Crippen molar-refractivity contribution in [2.24, 2.45) is 0 Å². The van der Waals surface area contributed by atoms with Gasteiger partial charge in [-0.15, -0.1) is 0 Å². The molecule has 0 saturated carbocycles. The van der Waals surface area contributed by atoms with E-state index in [1.165, 1.54) is 0 Å². The highest BCUT2D eigenvalue weighted by molar-refractivity contribution is 5.82. The fraction of sp³-hybridized carbons (Fsp3) is 0.667. The summed E-state index contributed by atoms with van der Waals surface area (Å²) in [5.41, 5.74) is 1.99. The number of imidazole rings is 1. The molecule has 0 aliphatic carbocycles. The van der Waals surface area contributed by atoms with Crippen LogP contribution in [0, 0.1) is 0 Å². The number of nitrogens with zero attached hydrogens (tertiary/aromatic N) is 1. The lowest BCUT2D eigenvalue weighted by Crippen LogP contribution is -2.52. The topological polar surface area (TPSA) is 88.3 Å². The Labute approximate surface area is 112 Å². The van der Waals surface area contributed by atoms with Gasteiger partial charge in [-0.2, -0.15) is 0 Å². The first-order valence-electron chi connectivity index (χ1n) is 6.26. The van der Waals surface area contributed by atoms with Gasteiger partial charge in [-0.05, 0) is 6.92 Å². The Morgan fingerprint density at radius 1 is 1.53 bits per heavy atom. The quantitative estimate of drug-likeness (QED) is 0.629. The number of aromatic nitrogens is 2. The Morgan fingerprint density at radius 3 is 2.95 bits per heavy atom. The minimum atomic E-state index is -0.450. The zero-order valence-electron chi connectivity index (χ0n) is 11.4. The number of carbonyl (C=O) groups excluding carboxylic acids is 1. The van der Waals surface area contributed by atoms with Crippen molar-refractivity contribution in [3.63, 3.8) is 0 Å². The van der Waals surface area contributed by atoms with Crippen molar-refractivity contribution in [2.45, 2.75) is 38.3 Å². The van der Waals surface area contributed by atoms with Gasteiger partial charge in [0.2, 0.25) is 5.91 Å². The third-order valence-electron chi connectivity index (χ3n) is 3.29. The largest absolute Gasteiger partial charge is 0.354 e. The highest BCUT2D eigenvalue weighted by Crippen LogP contribution is 2.12. The van der Waals surface area contributed by atoms with Gasteiger partial charge in [0.05, 0.1) is 29.8 Å². The summed E-state index contributed by atoms with van der Waals surface area (Å²) in [5.74, 6) is -0.0692. The van der Waals surface area contributed by atoms with Crippen LogP contribution in [0.25, 0.3) is 0 Å². The minimum absolute atomic E-state index is 0.0692. The first-order valence-corrected chi connectivity index (χ1v) is 6.26. The average molecular weight is 268 g/mol. The van der Waals surface area contributed by atoms with Crippen molar-refractivity contribution in [3.05, 3.63) is 17.7 Å². The van der Waals surface area contributed by atoms with Gasteiger partial charge in [-0.25, -0.2) is 4.98 Å². The van der Waals surface area contributed by atoms with E-state index in [9.17, 15) is 4.79 Å². The number of H-pyrrole nitrogens is 1. The molecular weight excluding hydrogens is 248 g/mol. The number of ether oxygens (including phenoxy) is 2. The normalized spacial score (nSPS) is 20.1. The number of fused-ring (bicyclic) bond motifs is 1. The molecule has 7 nitrogen and oxygen atoms in total. The lowest BCUT2D eigenvalue weighted by atomic mass is 10.0. The van der Waals surface area contributed by atoms with E-state index < -0.39 is 6.29 Å². The van der Waals surface area contributed by atoms with E-state index >= 15 is 0 Å². The molecule has 0 bridgehead atoms. The number of hydrogen-bond donors (Lipinski definition) is 3. The van der Waals surface area contributed by atoms with Crippen LogP contribution in [0.4, 0.5) is 0 Å². The Bertz CT molecular complexity index is 430. The molecule has 3 N–H and O–H groups in total. The van der Waals surface area contributed by atoms with Crippen LogP contribution in [-0.4, -0.2) is 48.5 Å². The lowest BCUT2D eigenvalue weighted by Gasteiger charge is -2.27. The molecule has 0 spiro atoms. The molecular formula is C12H20N4O3. The predicted molar refractivity (Wildman–Crippen MR) is 68.3 cm³/mol. The molecule has 1 aliphatic heterocycles. The fourth-order valence-electron chi connectivity index (χ4n) is 2.25. The van der Waals surface area contributed by atoms with E-state index in [0.29, 0.717) is 13.0 Å². The lowest BCUT2D eigenvalue weighted by molar-refractivity contribution is -0.137. The molecule has 19 heavy (non-hydrogen) atoms. The Hall–Kier alpha value is -1.44. The summed E-state index contributed by atoms with van der Waals surface area (Å²) < 4.78 is 10.2. The van der Waals surface area contributed by atoms with Crippen molar-refractivity contribution < 1.29 is 14.3 Å². The first kappa shape index (κ1) is 14.0. The third kappa shape index (κ3) is 3.12. The van der Waals surface area contributed by atoms with Crippen LogP contribution in [0.1, 0.15) is 18.3 Å². The number of methoxy groups -OCH3 is 2. The number of carbonyl (C=O) groups is 1. The van der Waals surface area contributed by atoms with Crippen LogP contribution in [0.2, 0.25) is 0 Å². The molecule has 1 aromatic heterocycles. The Morgan fingerprint density at radius 2 is 2.26 bits per heavy atom. The second-order valence-corrected chi connectivity index (χ2v) is 4.60. The highest BCUT2D eigenvalue weighted by Gasteiger charge is 2.28. The summed E-state index contributed by atoms with van der Waals surface area (Å²) in [5, 5.41) is 6.06.